The van der Waals surface area contributed by atoms with E-state index in [1.165, 1.54) is 24.0 Å². The third kappa shape index (κ3) is 7.24. The minimum atomic E-state index is -2.96. The Morgan fingerprint density at radius 2 is 2.08 bits per heavy atom. The molecule has 2 N–H and O–H groups in total. The highest BCUT2D eigenvalue weighted by molar-refractivity contribution is 14.0. The fourth-order valence-corrected chi connectivity index (χ4v) is 4.05. The van der Waals surface area contributed by atoms with E-state index in [0.717, 1.165) is 19.6 Å². The Bertz CT molecular complexity index is 599. The third-order valence-electron chi connectivity index (χ3n) is 3.90. The van der Waals surface area contributed by atoms with Crippen LogP contribution in [0.3, 0.4) is 0 Å². The Morgan fingerprint density at radius 3 is 2.62 bits per heavy atom. The maximum atomic E-state index is 11.2. The number of thiophene rings is 1. The quantitative estimate of drug-likeness (QED) is 0.349. The molecule has 1 fully saturated rings. The number of sulfone groups is 1. The maximum Gasteiger partial charge on any atom is 0.191 e. The lowest BCUT2D eigenvalue weighted by atomic mass is 10.2. The first kappa shape index (κ1) is 21.7. The second-order valence-electron chi connectivity index (χ2n) is 5.78. The van der Waals surface area contributed by atoms with Crippen LogP contribution in [0.25, 0.3) is 0 Å². The van der Waals surface area contributed by atoms with Crippen LogP contribution >= 0.6 is 35.3 Å². The van der Waals surface area contributed by atoms with Gasteiger partial charge in [0.25, 0.3) is 0 Å². The van der Waals surface area contributed by atoms with E-state index in [0.29, 0.717) is 18.5 Å². The Morgan fingerprint density at radius 1 is 1.38 bits per heavy atom. The predicted octanol–water partition coefficient (Wildman–Crippen LogP) is 1.71. The zero-order valence-electron chi connectivity index (χ0n) is 14.2. The van der Waals surface area contributed by atoms with Crippen LogP contribution in [-0.4, -0.2) is 64.5 Å². The van der Waals surface area contributed by atoms with Crippen molar-refractivity contribution in [1.29, 1.82) is 0 Å². The van der Waals surface area contributed by atoms with Gasteiger partial charge < -0.3 is 10.6 Å². The van der Waals surface area contributed by atoms with Gasteiger partial charge in [-0.05, 0) is 37.4 Å². The Labute approximate surface area is 166 Å². The summed E-state index contributed by atoms with van der Waals surface area (Å²) < 4.78 is 22.4. The molecule has 1 aliphatic heterocycles. The highest BCUT2D eigenvalue weighted by atomic mass is 127. The minimum absolute atomic E-state index is 0. The minimum Gasteiger partial charge on any atom is -0.355 e. The lowest BCUT2D eigenvalue weighted by molar-refractivity contribution is 0.249. The summed E-state index contributed by atoms with van der Waals surface area (Å²) in [5.74, 6) is 0.753. The molecule has 1 aliphatic rings. The summed E-state index contributed by atoms with van der Waals surface area (Å²) in [5.41, 5.74) is 0. The molecule has 0 radical (unpaired) electrons. The second kappa shape index (κ2) is 10.6. The number of rotatable bonds is 7. The van der Waals surface area contributed by atoms with Crippen LogP contribution in [0, 0.1) is 0 Å². The van der Waals surface area contributed by atoms with Crippen LogP contribution in [0.15, 0.2) is 22.5 Å². The molecule has 1 saturated heterocycles. The fourth-order valence-electron chi connectivity index (χ4n) is 2.71. The van der Waals surface area contributed by atoms with Crippen molar-refractivity contribution >= 4 is 51.1 Å². The average molecular weight is 486 g/mol. The molecule has 0 saturated carbocycles. The van der Waals surface area contributed by atoms with E-state index in [1.54, 1.807) is 18.4 Å². The molecular formula is C15H27IN4O2S2. The number of halogens is 1. The Balaban J connectivity index is 0.00000288. The summed E-state index contributed by atoms with van der Waals surface area (Å²) in [5, 5.41) is 8.50. The smallest absolute Gasteiger partial charge is 0.191 e. The number of hydrogen-bond acceptors (Lipinski definition) is 5. The zero-order valence-corrected chi connectivity index (χ0v) is 18.2. The molecule has 24 heavy (non-hydrogen) atoms. The lowest BCUT2D eigenvalue weighted by Crippen LogP contribution is -2.43. The van der Waals surface area contributed by atoms with Crippen molar-refractivity contribution in [2.75, 3.05) is 45.2 Å². The Kier molecular flexibility index (Phi) is 9.53. The van der Waals surface area contributed by atoms with Crippen molar-refractivity contribution in [3.05, 3.63) is 22.4 Å². The van der Waals surface area contributed by atoms with Crippen molar-refractivity contribution in [1.82, 2.24) is 15.5 Å². The molecule has 0 aliphatic carbocycles. The molecule has 1 atom stereocenters. The molecule has 1 aromatic rings. The van der Waals surface area contributed by atoms with E-state index in [9.17, 15) is 8.42 Å². The largest absolute Gasteiger partial charge is 0.355 e. The molecule has 0 amide bonds. The molecule has 2 heterocycles. The van der Waals surface area contributed by atoms with Gasteiger partial charge in [0.15, 0.2) is 5.96 Å². The van der Waals surface area contributed by atoms with Gasteiger partial charge in [0.2, 0.25) is 0 Å². The van der Waals surface area contributed by atoms with Gasteiger partial charge in [-0.15, -0.1) is 35.3 Å². The van der Waals surface area contributed by atoms with Crippen LogP contribution in [0.4, 0.5) is 0 Å². The van der Waals surface area contributed by atoms with E-state index in [2.05, 4.69) is 38.0 Å². The van der Waals surface area contributed by atoms with Crippen LogP contribution < -0.4 is 10.6 Å². The summed E-state index contributed by atoms with van der Waals surface area (Å²) >= 11 is 1.78. The molecule has 6 nitrogen and oxygen atoms in total. The van der Waals surface area contributed by atoms with Crippen LogP contribution in [-0.2, 0) is 9.84 Å². The summed E-state index contributed by atoms with van der Waals surface area (Å²) in [4.78, 5) is 8.03. The van der Waals surface area contributed by atoms with Crippen LogP contribution in [0.1, 0.15) is 23.8 Å². The summed E-state index contributed by atoms with van der Waals surface area (Å²) in [7, 11) is -1.26. The molecule has 0 spiro atoms. The van der Waals surface area contributed by atoms with Gasteiger partial charge in [0.1, 0.15) is 9.84 Å². The first-order valence-corrected chi connectivity index (χ1v) is 10.8. The van der Waals surface area contributed by atoms with Crippen LogP contribution in [0.2, 0.25) is 0 Å². The predicted molar refractivity (Wildman–Crippen MR) is 112 cm³/mol. The number of nitrogens with zero attached hydrogens (tertiary/aromatic N) is 2. The molecule has 0 bridgehead atoms. The van der Waals surface area contributed by atoms with E-state index in [4.69, 9.17) is 0 Å². The number of nitrogens with one attached hydrogen (secondary N) is 2. The van der Waals surface area contributed by atoms with Gasteiger partial charge >= 0.3 is 0 Å². The highest BCUT2D eigenvalue weighted by Gasteiger charge is 2.24. The number of likely N-dealkylation sites (tertiary alicyclic amines) is 1. The molecule has 2 rings (SSSR count). The molecular weight excluding hydrogens is 459 g/mol. The van der Waals surface area contributed by atoms with Gasteiger partial charge in [0.05, 0.1) is 11.8 Å². The summed E-state index contributed by atoms with van der Waals surface area (Å²) in [6.07, 6.45) is 3.75. The van der Waals surface area contributed by atoms with Crippen molar-refractivity contribution in [2.24, 2.45) is 4.99 Å². The van der Waals surface area contributed by atoms with Gasteiger partial charge in [-0.1, -0.05) is 6.07 Å². The zero-order chi connectivity index (χ0) is 16.7. The monoisotopic (exact) mass is 486 g/mol. The maximum absolute atomic E-state index is 11.2. The summed E-state index contributed by atoms with van der Waals surface area (Å²) in [6.45, 7) is 3.39. The standard InChI is InChI=1S/C15H26N4O2S2.HI/c1-16-15(17-7-11-23(2,20)21)18-12-13(14-6-5-10-22-14)19-8-3-4-9-19;/h5-6,10,13H,3-4,7-9,11-12H2,1-2H3,(H2,16,17,18);1H. The first-order valence-electron chi connectivity index (χ1n) is 7.89. The van der Waals surface area contributed by atoms with E-state index in [-0.39, 0.29) is 29.7 Å². The van der Waals surface area contributed by atoms with Crippen molar-refractivity contribution in [3.8, 4) is 0 Å². The SMILES string of the molecule is CN=C(NCCS(C)(=O)=O)NCC(c1cccs1)N1CCCC1.I. The van der Waals surface area contributed by atoms with Gasteiger partial charge in [-0.2, -0.15) is 0 Å². The fraction of sp³-hybridized carbons (Fsp3) is 0.667. The first-order chi connectivity index (χ1) is 11.0. The molecule has 138 valence electrons. The molecule has 1 aromatic heterocycles. The normalized spacial score (nSPS) is 17.3. The van der Waals surface area contributed by atoms with Gasteiger partial charge in [-0.25, -0.2) is 8.42 Å². The van der Waals surface area contributed by atoms with Gasteiger partial charge in [-0.3, -0.25) is 9.89 Å². The highest BCUT2D eigenvalue weighted by Crippen LogP contribution is 2.27. The van der Waals surface area contributed by atoms with Crippen molar-refractivity contribution in [2.45, 2.75) is 18.9 Å². The molecule has 1 unspecified atom stereocenters. The molecule has 0 aromatic carbocycles. The number of hydrogen-bond donors (Lipinski definition) is 2. The van der Waals surface area contributed by atoms with Gasteiger partial charge in [0, 0.05) is 31.3 Å². The average Bonchev–Trinajstić information content (AvgIpc) is 3.18. The van der Waals surface area contributed by atoms with E-state index in [1.807, 2.05) is 0 Å². The van der Waals surface area contributed by atoms with E-state index < -0.39 is 9.84 Å². The van der Waals surface area contributed by atoms with Crippen molar-refractivity contribution in [3.63, 3.8) is 0 Å². The summed E-state index contributed by atoms with van der Waals surface area (Å²) in [6, 6.07) is 4.60. The number of guanidine groups is 1. The lowest BCUT2D eigenvalue weighted by Gasteiger charge is -2.27. The van der Waals surface area contributed by atoms with E-state index >= 15 is 0 Å². The Hall–Kier alpha value is -0.390. The second-order valence-corrected chi connectivity index (χ2v) is 9.02. The topological polar surface area (TPSA) is 73.8 Å². The van der Waals surface area contributed by atoms with Crippen molar-refractivity contribution < 1.29 is 8.42 Å². The van der Waals surface area contributed by atoms with Crippen LogP contribution in [0.5, 0.6) is 0 Å². The molecule has 9 heteroatoms. The third-order valence-corrected chi connectivity index (χ3v) is 5.82. The number of aliphatic imine (C=N–C) groups is 1.